The van der Waals surface area contributed by atoms with E-state index in [4.69, 9.17) is 0 Å². The molecule has 0 fully saturated rings. The van der Waals surface area contributed by atoms with Crippen molar-refractivity contribution >= 4 is 17.3 Å². The molecule has 0 aliphatic rings. The van der Waals surface area contributed by atoms with Gasteiger partial charge in [-0.1, -0.05) is 51.1 Å². The van der Waals surface area contributed by atoms with Gasteiger partial charge in [0, 0.05) is 0 Å². The third-order valence-electron chi connectivity index (χ3n) is 2.13. The van der Waals surface area contributed by atoms with Crippen LogP contribution in [0.2, 0.25) is 0 Å². The van der Waals surface area contributed by atoms with Crippen LogP contribution in [0.15, 0.2) is 35.7 Å². The highest BCUT2D eigenvalue weighted by atomic mass is 32.2. The van der Waals surface area contributed by atoms with Crippen molar-refractivity contribution in [2.45, 2.75) is 20.8 Å². The van der Waals surface area contributed by atoms with Crippen LogP contribution in [0.5, 0.6) is 0 Å². The molecular formula is C13H18S. The first-order valence-corrected chi connectivity index (χ1v) is 6.13. The lowest BCUT2D eigenvalue weighted by Gasteiger charge is -2.23. The fraction of sp³-hybridized carbons (Fsp3) is 0.385. The third kappa shape index (κ3) is 2.91. The van der Waals surface area contributed by atoms with E-state index in [9.17, 15) is 0 Å². The molecule has 0 unspecified atom stereocenters. The zero-order valence-corrected chi connectivity index (χ0v) is 10.2. The lowest BCUT2D eigenvalue weighted by molar-refractivity contribution is 0.567. The first-order chi connectivity index (χ1) is 6.55. The Balaban J connectivity index is 3.09. The van der Waals surface area contributed by atoms with E-state index in [2.05, 4.69) is 62.8 Å². The van der Waals surface area contributed by atoms with Crippen molar-refractivity contribution in [1.82, 2.24) is 0 Å². The van der Waals surface area contributed by atoms with E-state index in [1.807, 2.05) is 0 Å². The molecule has 1 aromatic carbocycles. The second-order valence-corrected chi connectivity index (χ2v) is 5.09. The van der Waals surface area contributed by atoms with E-state index in [-0.39, 0.29) is 5.41 Å². The SMILES string of the molecule is CS/C=C(\c1ccccc1)C(C)(C)C. The summed E-state index contributed by atoms with van der Waals surface area (Å²) in [7, 11) is 0. The molecule has 0 atom stereocenters. The smallest absolute Gasteiger partial charge is 0.0121 e. The van der Waals surface area contributed by atoms with E-state index < -0.39 is 0 Å². The second kappa shape index (κ2) is 4.70. The number of allylic oxidation sites excluding steroid dienone is 1. The van der Waals surface area contributed by atoms with Gasteiger partial charge in [-0.25, -0.2) is 0 Å². The summed E-state index contributed by atoms with van der Waals surface area (Å²) in [6.07, 6.45) is 2.11. The van der Waals surface area contributed by atoms with Gasteiger partial charge in [-0.2, -0.15) is 0 Å². The largest absolute Gasteiger partial charge is 0.137 e. The highest BCUT2D eigenvalue weighted by molar-refractivity contribution is 8.01. The fourth-order valence-corrected chi connectivity index (χ4v) is 2.14. The van der Waals surface area contributed by atoms with Crippen molar-refractivity contribution in [2.24, 2.45) is 5.41 Å². The van der Waals surface area contributed by atoms with Crippen molar-refractivity contribution < 1.29 is 0 Å². The average Bonchev–Trinajstić information content (AvgIpc) is 2.14. The van der Waals surface area contributed by atoms with Crippen LogP contribution in [-0.4, -0.2) is 6.26 Å². The lowest BCUT2D eigenvalue weighted by atomic mass is 9.83. The van der Waals surface area contributed by atoms with Crippen molar-refractivity contribution in [1.29, 1.82) is 0 Å². The molecule has 0 saturated carbocycles. The van der Waals surface area contributed by atoms with E-state index in [0.29, 0.717) is 0 Å². The van der Waals surface area contributed by atoms with Gasteiger partial charge in [0.15, 0.2) is 0 Å². The Bertz CT molecular complexity index is 304. The zero-order chi connectivity index (χ0) is 10.6. The number of rotatable bonds is 2. The molecule has 0 radical (unpaired) electrons. The zero-order valence-electron chi connectivity index (χ0n) is 9.37. The molecule has 0 aliphatic heterocycles. The molecule has 0 heterocycles. The molecule has 0 saturated heterocycles. The molecule has 0 spiro atoms. The van der Waals surface area contributed by atoms with Crippen LogP contribution in [0.1, 0.15) is 26.3 Å². The first-order valence-electron chi connectivity index (χ1n) is 4.84. The predicted molar refractivity (Wildman–Crippen MR) is 67.4 cm³/mol. The van der Waals surface area contributed by atoms with Crippen molar-refractivity contribution in [3.05, 3.63) is 41.3 Å². The van der Waals surface area contributed by atoms with Gasteiger partial charge in [0.05, 0.1) is 0 Å². The lowest BCUT2D eigenvalue weighted by Crippen LogP contribution is -2.07. The summed E-state index contributed by atoms with van der Waals surface area (Å²) in [4.78, 5) is 0. The molecule has 0 N–H and O–H groups in total. The predicted octanol–water partition coefficient (Wildman–Crippen LogP) is 4.44. The summed E-state index contributed by atoms with van der Waals surface area (Å²) in [6, 6.07) is 10.6. The Morgan fingerprint density at radius 1 is 1.14 bits per heavy atom. The Morgan fingerprint density at radius 3 is 2.14 bits per heavy atom. The van der Waals surface area contributed by atoms with Gasteiger partial charge in [-0.15, -0.1) is 11.8 Å². The van der Waals surface area contributed by atoms with Gasteiger partial charge < -0.3 is 0 Å². The van der Waals surface area contributed by atoms with Crippen molar-refractivity contribution in [2.75, 3.05) is 6.26 Å². The topological polar surface area (TPSA) is 0 Å². The van der Waals surface area contributed by atoms with Gasteiger partial charge in [0.1, 0.15) is 0 Å². The Morgan fingerprint density at radius 2 is 1.71 bits per heavy atom. The van der Waals surface area contributed by atoms with Gasteiger partial charge in [0.25, 0.3) is 0 Å². The summed E-state index contributed by atoms with van der Waals surface area (Å²) in [5, 5.41) is 2.25. The maximum atomic E-state index is 2.25. The maximum absolute atomic E-state index is 2.25. The normalized spacial score (nSPS) is 13.0. The molecule has 1 heteroatoms. The number of hydrogen-bond acceptors (Lipinski definition) is 1. The van der Waals surface area contributed by atoms with Gasteiger partial charge in [-0.05, 0) is 28.2 Å². The Hall–Kier alpha value is -0.690. The molecule has 1 aromatic rings. The highest BCUT2D eigenvalue weighted by Gasteiger charge is 2.17. The van der Waals surface area contributed by atoms with Crippen LogP contribution in [-0.2, 0) is 0 Å². The standard InChI is InChI=1S/C13H18S/c1-13(2,3)12(10-14-4)11-8-6-5-7-9-11/h5-10H,1-4H3/b12-10+. The first kappa shape index (κ1) is 11.4. The van der Waals surface area contributed by atoms with Crippen LogP contribution in [0, 0.1) is 5.41 Å². The van der Waals surface area contributed by atoms with Gasteiger partial charge >= 0.3 is 0 Å². The quantitative estimate of drug-likeness (QED) is 0.689. The van der Waals surface area contributed by atoms with Crippen LogP contribution in [0.3, 0.4) is 0 Å². The molecule has 76 valence electrons. The molecule has 14 heavy (non-hydrogen) atoms. The molecule has 0 aromatic heterocycles. The summed E-state index contributed by atoms with van der Waals surface area (Å²) >= 11 is 1.77. The average molecular weight is 206 g/mol. The summed E-state index contributed by atoms with van der Waals surface area (Å²) in [5.41, 5.74) is 2.95. The van der Waals surface area contributed by atoms with Crippen LogP contribution in [0.25, 0.3) is 5.57 Å². The summed E-state index contributed by atoms with van der Waals surface area (Å²) in [5.74, 6) is 0. The molecule has 0 amide bonds. The van der Waals surface area contributed by atoms with Crippen molar-refractivity contribution in [3.63, 3.8) is 0 Å². The van der Waals surface area contributed by atoms with Crippen LogP contribution >= 0.6 is 11.8 Å². The van der Waals surface area contributed by atoms with E-state index in [1.54, 1.807) is 11.8 Å². The van der Waals surface area contributed by atoms with Gasteiger partial charge in [0.2, 0.25) is 0 Å². The minimum Gasteiger partial charge on any atom is -0.137 e. The fourth-order valence-electron chi connectivity index (χ4n) is 1.41. The van der Waals surface area contributed by atoms with Gasteiger partial charge in [-0.3, -0.25) is 0 Å². The van der Waals surface area contributed by atoms with E-state index in [0.717, 1.165) is 0 Å². The Kier molecular flexibility index (Phi) is 3.82. The molecule has 0 nitrogen and oxygen atoms in total. The summed E-state index contributed by atoms with van der Waals surface area (Å²) in [6.45, 7) is 6.76. The van der Waals surface area contributed by atoms with E-state index in [1.165, 1.54) is 11.1 Å². The van der Waals surface area contributed by atoms with Crippen LogP contribution in [0.4, 0.5) is 0 Å². The Labute approximate surface area is 91.4 Å². The second-order valence-electron chi connectivity index (χ2n) is 4.38. The number of benzene rings is 1. The minimum atomic E-state index is 0.213. The minimum absolute atomic E-state index is 0.213. The summed E-state index contributed by atoms with van der Waals surface area (Å²) < 4.78 is 0. The monoisotopic (exact) mass is 206 g/mol. The molecule has 1 rings (SSSR count). The highest BCUT2D eigenvalue weighted by Crippen LogP contribution is 2.35. The van der Waals surface area contributed by atoms with Crippen molar-refractivity contribution in [3.8, 4) is 0 Å². The molecular weight excluding hydrogens is 188 g/mol. The third-order valence-corrected chi connectivity index (χ3v) is 2.60. The molecule has 0 aliphatic carbocycles. The number of thioether (sulfide) groups is 1. The van der Waals surface area contributed by atoms with E-state index >= 15 is 0 Å². The number of hydrogen-bond donors (Lipinski definition) is 0. The van der Waals surface area contributed by atoms with Crippen LogP contribution < -0.4 is 0 Å². The maximum Gasteiger partial charge on any atom is -0.0121 e. The molecule has 0 bridgehead atoms.